The molecule has 0 radical (unpaired) electrons. The number of para-hydroxylation sites is 1. The molecule has 0 aliphatic carbocycles. The summed E-state index contributed by atoms with van der Waals surface area (Å²) in [6.07, 6.45) is 0. The molecule has 2 N–H and O–H groups in total. The zero-order valence-corrected chi connectivity index (χ0v) is 19.8. The van der Waals surface area contributed by atoms with E-state index in [1.54, 1.807) is 63.6 Å². The van der Waals surface area contributed by atoms with Crippen LogP contribution in [0.2, 0.25) is 0 Å². The van der Waals surface area contributed by atoms with E-state index in [-0.39, 0.29) is 23.0 Å². The van der Waals surface area contributed by atoms with Crippen molar-refractivity contribution < 1.29 is 28.2 Å². The Morgan fingerprint density at radius 1 is 1.00 bits per heavy atom. The molecule has 3 aromatic carbocycles. The van der Waals surface area contributed by atoms with Gasteiger partial charge in [0.15, 0.2) is 0 Å². The van der Waals surface area contributed by atoms with Gasteiger partial charge in [0.25, 0.3) is 0 Å². The Labute approximate surface area is 207 Å². The average molecular weight is 482 g/mol. The third kappa shape index (κ3) is 3.77. The van der Waals surface area contributed by atoms with Crippen LogP contribution >= 0.6 is 0 Å². The molecule has 8 nitrogen and oxygen atoms in total. The van der Waals surface area contributed by atoms with E-state index in [9.17, 15) is 10.1 Å². The molecule has 4 aromatic rings. The van der Waals surface area contributed by atoms with E-state index in [1.165, 1.54) is 0 Å². The van der Waals surface area contributed by atoms with Crippen molar-refractivity contribution in [1.29, 1.82) is 5.26 Å². The standard InChI is InChI=1S/C28H22N2O6/c1-15-18-6-4-5-7-23(18)35-26(15)28(31)34-17-8-10-19-24(13-17)36-27(30)21(14-29)25(19)20-12-16(32-2)9-11-22(20)33-3/h4-13,25H,30H2,1-3H3. The number of carbonyl (C=O) groups excluding carboxylic acids is 1. The van der Waals surface area contributed by atoms with Gasteiger partial charge >= 0.3 is 5.97 Å². The molecule has 1 unspecified atom stereocenters. The number of methoxy groups -OCH3 is 2. The summed E-state index contributed by atoms with van der Waals surface area (Å²) in [6.45, 7) is 1.80. The van der Waals surface area contributed by atoms with Gasteiger partial charge in [0.1, 0.15) is 40.2 Å². The molecule has 180 valence electrons. The van der Waals surface area contributed by atoms with E-state index in [2.05, 4.69) is 6.07 Å². The molecular formula is C28H22N2O6. The number of rotatable bonds is 5. The maximum atomic E-state index is 12.9. The number of carbonyl (C=O) groups is 1. The number of furan rings is 1. The Morgan fingerprint density at radius 3 is 2.50 bits per heavy atom. The largest absolute Gasteiger partial charge is 0.497 e. The smallest absolute Gasteiger partial charge is 0.379 e. The summed E-state index contributed by atoms with van der Waals surface area (Å²) in [5.41, 5.74) is 9.02. The van der Waals surface area contributed by atoms with Gasteiger partial charge in [0, 0.05) is 28.1 Å². The Morgan fingerprint density at radius 2 is 1.78 bits per heavy atom. The molecule has 36 heavy (non-hydrogen) atoms. The fourth-order valence-corrected chi connectivity index (χ4v) is 4.41. The van der Waals surface area contributed by atoms with Crippen LogP contribution in [0, 0.1) is 18.3 Å². The summed E-state index contributed by atoms with van der Waals surface area (Å²) in [6, 6.07) is 19.8. The summed E-state index contributed by atoms with van der Waals surface area (Å²) in [4.78, 5) is 12.9. The van der Waals surface area contributed by atoms with Crippen molar-refractivity contribution in [1.82, 2.24) is 0 Å². The van der Waals surface area contributed by atoms with Crippen LogP contribution in [0.1, 0.15) is 33.2 Å². The fourth-order valence-electron chi connectivity index (χ4n) is 4.41. The summed E-state index contributed by atoms with van der Waals surface area (Å²) < 4.78 is 28.0. The molecule has 2 heterocycles. The van der Waals surface area contributed by atoms with Gasteiger partial charge in [-0.25, -0.2) is 4.79 Å². The molecule has 0 amide bonds. The number of fused-ring (bicyclic) bond motifs is 2. The number of nitrogens with two attached hydrogens (primary N) is 1. The van der Waals surface area contributed by atoms with Gasteiger partial charge in [-0.3, -0.25) is 0 Å². The van der Waals surface area contributed by atoms with Crippen molar-refractivity contribution in [3.05, 3.63) is 94.6 Å². The van der Waals surface area contributed by atoms with Crippen molar-refractivity contribution in [2.45, 2.75) is 12.8 Å². The molecule has 0 saturated carbocycles. The fraction of sp³-hybridized carbons (Fsp3) is 0.143. The van der Waals surface area contributed by atoms with E-state index >= 15 is 0 Å². The number of ether oxygens (including phenoxy) is 4. The molecule has 0 spiro atoms. The molecular weight excluding hydrogens is 460 g/mol. The molecule has 1 aliphatic rings. The first-order chi connectivity index (χ1) is 17.4. The highest BCUT2D eigenvalue weighted by Crippen LogP contribution is 2.46. The second kappa shape index (κ2) is 9.04. The Hall–Kier alpha value is -4.90. The average Bonchev–Trinajstić information content (AvgIpc) is 3.24. The molecule has 0 saturated heterocycles. The monoisotopic (exact) mass is 482 g/mol. The number of allylic oxidation sites excluding steroid dienone is 1. The first-order valence-electron chi connectivity index (χ1n) is 11.1. The zero-order valence-electron chi connectivity index (χ0n) is 19.8. The zero-order chi connectivity index (χ0) is 25.4. The van der Waals surface area contributed by atoms with Gasteiger partial charge in [-0.05, 0) is 37.3 Å². The van der Waals surface area contributed by atoms with E-state index in [4.69, 9.17) is 29.1 Å². The third-order valence-corrected chi connectivity index (χ3v) is 6.18. The third-order valence-electron chi connectivity index (χ3n) is 6.18. The van der Waals surface area contributed by atoms with E-state index in [0.717, 1.165) is 5.39 Å². The molecule has 1 atom stereocenters. The minimum absolute atomic E-state index is 0.0449. The van der Waals surface area contributed by atoms with Crippen LogP contribution in [0.5, 0.6) is 23.0 Å². The number of nitriles is 1. The number of hydrogen-bond acceptors (Lipinski definition) is 8. The normalized spacial score (nSPS) is 14.6. The lowest BCUT2D eigenvalue weighted by Crippen LogP contribution is -2.21. The van der Waals surface area contributed by atoms with Crippen molar-refractivity contribution in [2.75, 3.05) is 14.2 Å². The maximum Gasteiger partial charge on any atom is 0.379 e. The molecule has 0 bridgehead atoms. The lowest BCUT2D eigenvalue weighted by molar-refractivity contribution is 0.0702. The van der Waals surface area contributed by atoms with E-state index in [1.807, 2.05) is 18.2 Å². The predicted molar refractivity (Wildman–Crippen MR) is 131 cm³/mol. The van der Waals surface area contributed by atoms with Crippen molar-refractivity contribution in [3.63, 3.8) is 0 Å². The van der Waals surface area contributed by atoms with Crippen molar-refractivity contribution >= 4 is 16.9 Å². The van der Waals surface area contributed by atoms with Crippen molar-refractivity contribution in [2.24, 2.45) is 5.73 Å². The van der Waals surface area contributed by atoms with Gasteiger partial charge in [-0.2, -0.15) is 5.26 Å². The second-order valence-corrected chi connectivity index (χ2v) is 8.17. The van der Waals surface area contributed by atoms with E-state index in [0.29, 0.717) is 39.5 Å². The SMILES string of the molecule is COc1ccc(OC)c(C2C(C#N)=C(N)Oc3cc(OC(=O)c4oc5ccccc5c4C)ccc32)c1. The van der Waals surface area contributed by atoms with Crippen LogP contribution in [0.15, 0.2) is 76.5 Å². The topological polar surface area (TPSA) is 117 Å². The summed E-state index contributed by atoms with van der Waals surface area (Å²) in [7, 11) is 3.11. The van der Waals surface area contributed by atoms with Crippen LogP contribution in [-0.4, -0.2) is 20.2 Å². The quantitative estimate of drug-likeness (QED) is 0.305. The van der Waals surface area contributed by atoms with Crippen LogP contribution in [0.4, 0.5) is 0 Å². The molecule has 1 aromatic heterocycles. The summed E-state index contributed by atoms with van der Waals surface area (Å²) >= 11 is 0. The lowest BCUT2D eigenvalue weighted by Gasteiger charge is -2.28. The molecule has 5 rings (SSSR count). The lowest BCUT2D eigenvalue weighted by atomic mass is 9.83. The van der Waals surface area contributed by atoms with Crippen LogP contribution in [0.25, 0.3) is 11.0 Å². The highest BCUT2D eigenvalue weighted by atomic mass is 16.5. The van der Waals surface area contributed by atoms with Crippen molar-refractivity contribution in [3.8, 4) is 29.1 Å². The Bertz CT molecular complexity index is 1580. The predicted octanol–water partition coefficient (Wildman–Crippen LogP) is 5.20. The first-order valence-corrected chi connectivity index (χ1v) is 11.1. The van der Waals surface area contributed by atoms with Gasteiger partial charge in [0.2, 0.25) is 11.6 Å². The number of nitrogens with zero attached hydrogens (tertiary/aromatic N) is 1. The van der Waals surface area contributed by atoms with Crippen LogP contribution in [0.3, 0.4) is 0 Å². The second-order valence-electron chi connectivity index (χ2n) is 8.17. The van der Waals surface area contributed by atoms with Gasteiger partial charge in [-0.1, -0.05) is 24.3 Å². The number of esters is 1. The number of benzene rings is 3. The number of hydrogen-bond donors (Lipinski definition) is 1. The summed E-state index contributed by atoms with van der Waals surface area (Å²) in [5, 5.41) is 10.7. The van der Waals surface area contributed by atoms with Gasteiger partial charge in [-0.15, -0.1) is 0 Å². The molecule has 8 heteroatoms. The minimum Gasteiger partial charge on any atom is -0.497 e. The van der Waals surface area contributed by atoms with Gasteiger partial charge < -0.3 is 29.1 Å². The van der Waals surface area contributed by atoms with Crippen LogP contribution in [-0.2, 0) is 0 Å². The first kappa shape index (κ1) is 22.9. The minimum atomic E-state index is -0.633. The highest BCUT2D eigenvalue weighted by molar-refractivity contribution is 5.96. The van der Waals surface area contributed by atoms with Crippen LogP contribution < -0.4 is 24.7 Å². The van der Waals surface area contributed by atoms with E-state index < -0.39 is 11.9 Å². The summed E-state index contributed by atoms with van der Waals surface area (Å²) in [5.74, 6) is 0.622. The Balaban J connectivity index is 1.53. The Kier molecular flexibility index (Phi) is 5.74. The molecule has 0 fully saturated rings. The maximum absolute atomic E-state index is 12.9. The number of aryl methyl sites for hydroxylation is 1. The molecule has 1 aliphatic heterocycles. The van der Waals surface area contributed by atoms with Gasteiger partial charge in [0.05, 0.1) is 20.1 Å². The highest BCUT2D eigenvalue weighted by Gasteiger charge is 2.33.